The summed E-state index contributed by atoms with van der Waals surface area (Å²) in [5.74, 6) is 0. The average molecular weight is 262 g/mol. The molecule has 3 aromatic rings. The fraction of sp³-hybridized carbons (Fsp3) is 0.111. The highest BCUT2D eigenvalue weighted by Gasteiger charge is 2.14. The van der Waals surface area contributed by atoms with Gasteiger partial charge in [0.2, 0.25) is 11.4 Å². The molecule has 0 amide bonds. The molecule has 0 saturated carbocycles. The van der Waals surface area contributed by atoms with E-state index in [4.69, 9.17) is 0 Å². The first-order chi connectivity index (χ1) is 9.75. The molecule has 0 bridgehead atoms. The summed E-state index contributed by atoms with van der Waals surface area (Å²) < 4.78 is 4.39. The third-order valence-corrected chi connectivity index (χ3v) is 3.51. The first-order valence-electron chi connectivity index (χ1n) is 6.81. The van der Waals surface area contributed by atoms with Gasteiger partial charge < -0.3 is 0 Å². The van der Waals surface area contributed by atoms with Gasteiger partial charge in [0, 0.05) is 50.2 Å². The molecule has 20 heavy (non-hydrogen) atoms. The Balaban J connectivity index is 2.12. The number of benzene rings is 1. The summed E-state index contributed by atoms with van der Waals surface area (Å²) >= 11 is 0. The van der Waals surface area contributed by atoms with E-state index in [0.717, 1.165) is 0 Å². The van der Waals surface area contributed by atoms with Crippen LogP contribution >= 0.6 is 0 Å². The predicted molar refractivity (Wildman–Crippen MR) is 79.0 cm³/mol. The van der Waals surface area contributed by atoms with Crippen molar-refractivity contribution in [2.45, 2.75) is 13.8 Å². The van der Waals surface area contributed by atoms with Gasteiger partial charge in [0.05, 0.1) is 6.07 Å². The molecule has 2 heterocycles. The van der Waals surface area contributed by atoms with Gasteiger partial charge in [-0.15, -0.1) is 0 Å². The van der Waals surface area contributed by atoms with Gasteiger partial charge in [-0.3, -0.25) is 0 Å². The molecular weight excluding hydrogens is 244 g/mol. The summed E-state index contributed by atoms with van der Waals surface area (Å²) in [6, 6.07) is 21.0. The predicted octanol–water partition coefficient (Wildman–Crippen LogP) is 2.86. The maximum absolute atomic E-state index is 2.21. The lowest BCUT2D eigenvalue weighted by molar-refractivity contribution is -0.611. The van der Waals surface area contributed by atoms with Gasteiger partial charge in [-0.25, -0.2) is 0 Å². The largest absolute Gasteiger partial charge is 0.217 e. The Hall–Kier alpha value is -2.48. The van der Waals surface area contributed by atoms with Crippen molar-refractivity contribution in [3.8, 4) is 11.4 Å². The molecule has 0 unspecified atom stereocenters. The van der Waals surface area contributed by atoms with Gasteiger partial charge >= 0.3 is 0 Å². The molecule has 0 aliphatic heterocycles. The summed E-state index contributed by atoms with van der Waals surface area (Å²) in [6.07, 6.45) is 4.19. The minimum atomic E-state index is 1.18. The minimum absolute atomic E-state index is 1.18. The van der Waals surface area contributed by atoms with Crippen molar-refractivity contribution in [1.29, 1.82) is 0 Å². The van der Waals surface area contributed by atoms with Crippen molar-refractivity contribution < 1.29 is 9.13 Å². The summed E-state index contributed by atoms with van der Waals surface area (Å²) in [5, 5.41) is 0. The zero-order valence-electron chi connectivity index (χ0n) is 11.8. The van der Waals surface area contributed by atoms with Crippen LogP contribution in [0.25, 0.3) is 11.4 Å². The monoisotopic (exact) mass is 262 g/mol. The number of aromatic nitrogens is 2. The highest BCUT2D eigenvalue weighted by molar-refractivity contribution is 5.34. The van der Waals surface area contributed by atoms with Gasteiger partial charge in [-0.05, 0) is 6.07 Å². The minimum Gasteiger partial charge on any atom is -0.165 e. The third-order valence-electron chi connectivity index (χ3n) is 3.51. The van der Waals surface area contributed by atoms with Crippen LogP contribution < -0.4 is 9.13 Å². The summed E-state index contributed by atoms with van der Waals surface area (Å²) in [6.45, 7) is 4.24. The maximum atomic E-state index is 2.21. The maximum Gasteiger partial charge on any atom is 0.217 e. The molecule has 0 N–H and O–H groups in total. The van der Waals surface area contributed by atoms with E-state index in [0.29, 0.717) is 0 Å². The second kappa shape index (κ2) is 5.25. The molecule has 0 saturated heterocycles. The van der Waals surface area contributed by atoms with E-state index in [1.165, 1.54) is 22.8 Å². The number of nitrogens with zero attached hydrogens (tertiary/aromatic N) is 2. The molecule has 0 radical (unpaired) electrons. The lowest BCUT2D eigenvalue weighted by Gasteiger charge is -2.01. The number of hydrogen-bond donors (Lipinski definition) is 0. The van der Waals surface area contributed by atoms with Gasteiger partial charge in [-0.1, -0.05) is 12.1 Å². The Bertz CT molecular complexity index is 687. The highest BCUT2D eigenvalue weighted by atomic mass is 15.0. The molecule has 0 fully saturated rings. The van der Waals surface area contributed by atoms with Crippen molar-refractivity contribution in [1.82, 2.24) is 0 Å². The molecule has 0 atom stereocenters. The summed E-state index contributed by atoms with van der Waals surface area (Å²) in [4.78, 5) is 0. The van der Waals surface area contributed by atoms with E-state index in [9.17, 15) is 0 Å². The zero-order valence-corrected chi connectivity index (χ0v) is 11.8. The normalized spacial score (nSPS) is 10.5. The van der Waals surface area contributed by atoms with E-state index in [2.05, 4.69) is 96.0 Å². The van der Waals surface area contributed by atoms with Crippen LogP contribution in [0.2, 0.25) is 0 Å². The fourth-order valence-corrected chi connectivity index (χ4v) is 2.43. The van der Waals surface area contributed by atoms with Crippen molar-refractivity contribution in [3.63, 3.8) is 0 Å². The van der Waals surface area contributed by atoms with Gasteiger partial charge in [0.15, 0.2) is 23.8 Å². The first-order valence-corrected chi connectivity index (χ1v) is 6.81. The van der Waals surface area contributed by atoms with Crippen LogP contribution in [0.15, 0.2) is 73.1 Å². The molecule has 0 aliphatic rings. The van der Waals surface area contributed by atoms with Crippen LogP contribution in [0, 0.1) is 13.8 Å². The first kappa shape index (κ1) is 12.5. The molecule has 0 spiro atoms. The quantitative estimate of drug-likeness (QED) is 0.627. The van der Waals surface area contributed by atoms with E-state index < -0.39 is 0 Å². The van der Waals surface area contributed by atoms with Crippen molar-refractivity contribution in [2.24, 2.45) is 0 Å². The molecule has 3 rings (SSSR count). The smallest absolute Gasteiger partial charge is 0.165 e. The number of hydrogen-bond acceptors (Lipinski definition) is 0. The van der Waals surface area contributed by atoms with Gasteiger partial charge in [-0.2, -0.15) is 9.13 Å². The second-order valence-electron chi connectivity index (χ2n) is 4.94. The van der Waals surface area contributed by atoms with Crippen molar-refractivity contribution in [3.05, 3.63) is 84.4 Å². The van der Waals surface area contributed by atoms with Crippen molar-refractivity contribution in [2.75, 3.05) is 0 Å². The summed E-state index contributed by atoms with van der Waals surface area (Å²) in [5.41, 5.74) is 4.80. The lowest BCUT2D eigenvalue weighted by Crippen LogP contribution is -2.36. The molecule has 98 valence electrons. The Morgan fingerprint density at radius 2 is 1.10 bits per heavy atom. The van der Waals surface area contributed by atoms with E-state index in [-0.39, 0.29) is 0 Å². The average Bonchev–Trinajstić information content (AvgIpc) is 2.48. The van der Waals surface area contributed by atoms with E-state index in [1.54, 1.807) is 0 Å². The highest BCUT2D eigenvalue weighted by Crippen LogP contribution is 2.07. The molecule has 2 aromatic heterocycles. The van der Waals surface area contributed by atoms with E-state index >= 15 is 0 Å². The van der Waals surface area contributed by atoms with Crippen LogP contribution in [0.5, 0.6) is 0 Å². The Morgan fingerprint density at radius 3 is 1.55 bits per heavy atom. The van der Waals surface area contributed by atoms with Gasteiger partial charge in [0.1, 0.15) is 0 Å². The fourth-order valence-electron chi connectivity index (χ4n) is 2.43. The second-order valence-corrected chi connectivity index (χ2v) is 4.94. The standard InChI is InChI=1S/C18H18N2/c1-15-8-3-5-12-19(15)17-10-7-11-18(14-17)20-13-6-4-9-16(20)2/h3-14H,1-2H3/q+2. The lowest BCUT2D eigenvalue weighted by atomic mass is 10.2. The molecule has 2 heteroatoms. The number of pyridine rings is 2. The zero-order chi connectivity index (χ0) is 13.9. The Morgan fingerprint density at radius 1 is 0.600 bits per heavy atom. The Kier molecular flexibility index (Phi) is 3.30. The molecule has 0 aliphatic carbocycles. The van der Waals surface area contributed by atoms with Crippen LogP contribution in [0.4, 0.5) is 0 Å². The van der Waals surface area contributed by atoms with E-state index in [1.807, 2.05) is 0 Å². The van der Waals surface area contributed by atoms with Crippen LogP contribution in [-0.4, -0.2) is 0 Å². The topological polar surface area (TPSA) is 7.76 Å². The van der Waals surface area contributed by atoms with Crippen LogP contribution in [0.3, 0.4) is 0 Å². The molecular formula is C18H18N2+2. The van der Waals surface area contributed by atoms with Gasteiger partial charge in [0.25, 0.3) is 0 Å². The van der Waals surface area contributed by atoms with Crippen LogP contribution in [-0.2, 0) is 0 Å². The third kappa shape index (κ3) is 2.32. The molecule has 1 aromatic carbocycles. The SMILES string of the molecule is Cc1cccc[n+]1-c1cccc(-[n+]2ccccc2C)c1. The summed E-state index contributed by atoms with van der Waals surface area (Å²) in [7, 11) is 0. The van der Waals surface area contributed by atoms with Crippen LogP contribution in [0.1, 0.15) is 11.4 Å². The number of aryl methyl sites for hydroxylation is 2. The number of rotatable bonds is 2. The van der Waals surface area contributed by atoms with Crippen molar-refractivity contribution >= 4 is 0 Å². The molecule has 2 nitrogen and oxygen atoms in total. The Labute approximate surface area is 119 Å².